The van der Waals surface area contributed by atoms with Crippen LogP contribution in [0.2, 0.25) is 5.02 Å². The quantitative estimate of drug-likeness (QED) is 0.591. The van der Waals surface area contributed by atoms with Crippen molar-refractivity contribution in [2.24, 2.45) is 5.73 Å². The molecule has 0 saturated heterocycles. The zero-order chi connectivity index (χ0) is 14.3. The molecule has 0 bridgehead atoms. The number of benzene rings is 1. The smallest absolute Gasteiger partial charge is 0.239 e. The molecule has 0 aliphatic carbocycles. The highest BCUT2D eigenvalue weighted by Crippen LogP contribution is 2.15. The van der Waals surface area contributed by atoms with Gasteiger partial charge < -0.3 is 21.5 Å². The van der Waals surface area contributed by atoms with Crippen molar-refractivity contribution in [1.29, 1.82) is 0 Å². The molecule has 0 spiro atoms. The van der Waals surface area contributed by atoms with Crippen molar-refractivity contribution in [2.45, 2.75) is 6.10 Å². The Morgan fingerprint density at radius 1 is 1.20 bits per heavy atom. The summed E-state index contributed by atoms with van der Waals surface area (Å²) in [5.41, 5.74) is 5.72. The topological polar surface area (TPSA) is 104 Å². The zero-order valence-corrected chi connectivity index (χ0v) is 12.2. The Bertz CT molecular complexity index is 440. The van der Waals surface area contributed by atoms with Gasteiger partial charge in [-0.15, -0.1) is 12.4 Å². The number of hydrogen-bond acceptors (Lipinski definition) is 4. The van der Waals surface area contributed by atoms with Crippen LogP contribution in [0.3, 0.4) is 0 Å². The molecule has 1 aromatic carbocycles. The molecule has 0 fully saturated rings. The minimum atomic E-state index is -0.827. The molecule has 1 aromatic rings. The highest BCUT2D eigenvalue weighted by molar-refractivity contribution is 6.30. The molecule has 1 unspecified atom stereocenters. The second kappa shape index (κ2) is 9.55. The molecule has 0 heterocycles. The number of nitrogens with two attached hydrogens (primary N) is 1. The predicted molar refractivity (Wildman–Crippen MR) is 78.7 cm³/mol. The van der Waals surface area contributed by atoms with Crippen LogP contribution < -0.4 is 16.4 Å². The fraction of sp³-hybridized carbons (Fsp3) is 0.333. The fourth-order valence-electron chi connectivity index (χ4n) is 1.33. The Hall–Kier alpha value is -1.34. The van der Waals surface area contributed by atoms with Crippen molar-refractivity contribution in [3.63, 3.8) is 0 Å². The largest absolute Gasteiger partial charge is 0.387 e. The number of halogens is 2. The van der Waals surface area contributed by atoms with Crippen LogP contribution in [0.25, 0.3) is 0 Å². The number of hydrogen-bond donors (Lipinski definition) is 4. The second-order valence-electron chi connectivity index (χ2n) is 3.85. The predicted octanol–water partition coefficient (Wildman–Crippen LogP) is -0.0137. The minimum Gasteiger partial charge on any atom is -0.387 e. The summed E-state index contributed by atoms with van der Waals surface area (Å²) < 4.78 is 0. The van der Waals surface area contributed by atoms with Crippen LogP contribution in [0.5, 0.6) is 0 Å². The lowest BCUT2D eigenvalue weighted by Crippen LogP contribution is -2.40. The normalized spacial score (nSPS) is 11.2. The van der Waals surface area contributed by atoms with Gasteiger partial charge in [0.05, 0.1) is 19.2 Å². The lowest BCUT2D eigenvalue weighted by atomic mass is 10.1. The summed E-state index contributed by atoms with van der Waals surface area (Å²) in [5.74, 6) is -0.803. The molecule has 1 atom stereocenters. The minimum absolute atomic E-state index is 0. The van der Waals surface area contributed by atoms with Gasteiger partial charge in [0.25, 0.3) is 0 Å². The van der Waals surface area contributed by atoms with E-state index in [0.29, 0.717) is 10.6 Å². The van der Waals surface area contributed by atoms with E-state index in [1.807, 2.05) is 0 Å². The molecule has 1 rings (SSSR count). The average Bonchev–Trinajstić information content (AvgIpc) is 2.42. The lowest BCUT2D eigenvalue weighted by molar-refractivity contribution is -0.125. The fourth-order valence-corrected chi connectivity index (χ4v) is 1.45. The highest BCUT2D eigenvalue weighted by atomic mass is 35.5. The second-order valence-corrected chi connectivity index (χ2v) is 4.29. The van der Waals surface area contributed by atoms with Crippen molar-refractivity contribution in [3.05, 3.63) is 34.9 Å². The van der Waals surface area contributed by atoms with Crippen LogP contribution >= 0.6 is 24.0 Å². The third-order valence-corrected chi connectivity index (χ3v) is 2.63. The van der Waals surface area contributed by atoms with Gasteiger partial charge in [0.15, 0.2) is 0 Å². The van der Waals surface area contributed by atoms with E-state index in [1.165, 1.54) is 0 Å². The van der Waals surface area contributed by atoms with E-state index in [4.69, 9.17) is 17.3 Å². The third-order valence-electron chi connectivity index (χ3n) is 2.38. The summed E-state index contributed by atoms with van der Waals surface area (Å²) in [6, 6.07) is 6.66. The van der Waals surface area contributed by atoms with Gasteiger partial charge in [0.2, 0.25) is 11.8 Å². The number of carbonyl (C=O) groups is 2. The molecule has 5 N–H and O–H groups in total. The maximum Gasteiger partial charge on any atom is 0.239 e. The third kappa shape index (κ3) is 6.72. The molecule has 2 amide bonds. The van der Waals surface area contributed by atoms with Crippen LogP contribution in [-0.4, -0.2) is 36.6 Å². The average molecular weight is 322 g/mol. The number of amides is 2. The Kier molecular flexibility index (Phi) is 8.91. The SMILES string of the molecule is Cl.NCC(=O)NCC(=O)NCC(O)c1ccc(Cl)cc1. The summed E-state index contributed by atoms with van der Waals surface area (Å²) in [6.07, 6.45) is -0.827. The molecular weight excluding hydrogens is 305 g/mol. The van der Waals surface area contributed by atoms with E-state index >= 15 is 0 Å². The van der Waals surface area contributed by atoms with E-state index in [0.717, 1.165) is 0 Å². The van der Waals surface area contributed by atoms with Gasteiger partial charge in [-0.2, -0.15) is 0 Å². The Morgan fingerprint density at radius 3 is 2.35 bits per heavy atom. The summed E-state index contributed by atoms with van der Waals surface area (Å²) >= 11 is 5.73. The molecule has 6 nitrogen and oxygen atoms in total. The van der Waals surface area contributed by atoms with Crippen molar-refractivity contribution >= 4 is 35.8 Å². The zero-order valence-electron chi connectivity index (χ0n) is 10.6. The molecule has 112 valence electrons. The maximum atomic E-state index is 11.4. The van der Waals surface area contributed by atoms with Gasteiger partial charge in [-0.05, 0) is 17.7 Å². The molecule has 0 saturated carbocycles. The lowest BCUT2D eigenvalue weighted by Gasteiger charge is -2.12. The van der Waals surface area contributed by atoms with Crippen molar-refractivity contribution in [2.75, 3.05) is 19.6 Å². The van der Waals surface area contributed by atoms with Gasteiger partial charge in [-0.25, -0.2) is 0 Å². The molecular formula is C12H17Cl2N3O3. The molecule has 0 radical (unpaired) electrons. The standard InChI is InChI=1S/C12H16ClN3O3.ClH/c13-9-3-1-8(2-4-9)10(17)6-15-12(19)7-16-11(18)5-14;/h1-4,10,17H,5-7,14H2,(H,15,19)(H,16,18);1H. The van der Waals surface area contributed by atoms with Crippen LogP contribution in [0, 0.1) is 0 Å². The van der Waals surface area contributed by atoms with Crippen molar-refractivity contribution in [3.8, 4) is 0 Å². The number of rotatable bonds is 6. The molecule has 0 aliphatic heterocycles. The van der Waals surface area contributed by atoms with Crippen LogP contribution in [0.4, 0.5) is 0 Å². The molecule has 8 heteroatoms. The molecule has 20 heavy (non-hydrogen) atoms. The number of carbonyl (C=O) groups excluding carboxylic acids is 2. The summed E-state index contributed by atoms with van der Waals surface area (Å²) in [6.45, 7) is -0.275. The highest BCUT2D eigenvalue weighted by Gasteiger charge is 2.09. The first-order valence-corrected chi connectivity index (χ1v) is 6.07. The summed E-state index contributed by atoms with van der Waals surface area (Å²) in [4.78, 5) is 22.2. The number of aliphatic hydroxyl groups excluding tert-OH is 1. The van der Waals surface area contributed by atoms with Gasteiger partial charge >= 0.3 is 0 Å². The Balaban J connectivity index is 0.00000361. The van der Waals surface area contributed by atoms with E-state index < -0.39 is 17.9 Å². The van der Waals surface area contributed by atoms with E-state index in [-0.39, 0.29) is 32.0 Å². The first-order valence-electron chi connectivity index (χ1n) is 5.70. The Morgan fingerprint density at radius 2 is 1.80 bits per heavy atom. The molecule has 0 aromatic heterocycles. The van der Waals surface area contributed by atoms with Gasteiger partial charge in [0, 0.05) is 11.6 Å². The Labute approximate surface area is 128 Å². The van der Waals surface area contributed by atoms with Crippen LogP contribution in [-0.2, 0) is 9.59 Å². The van der Waals surface area contributed by atoms with E-state index in [9.17, 15) is 14.7 Å². The summed E-state index contributed by atoms with van der Waals surface area (Å²) in [7, 11) is 0. The van der Waals surface area contributed by atoms with Crippen molar-refractivity contribution < 1.29 is 14.7 Å². The van der Waals surface area contributed by atoms with Gasteiger partial charge in [0.1, 0.15) is 0 Å². The van der Waals surface area contributed by atoms with E-state index in [1.54, 1.807) is 24.3 Å². The summed E-state index contributed by atoms with van der Waals surface area (Å²) in [5, 5.41) is 15.2. The number of nitrogens with one attached hydrogen (secondary N) is 2. The first-order chi connectivity index (χ1) is 9.02. The maximum absolute atomic E-state index is 11.4. The van der Waals surface area contributed by atoms with Gasteiger partial charge in [-0.3, -0.25) is 9.59 Å². The first kappa shape index (κ1) is 18.7. The monoisotopic (exact) mass is 321 g/mol. The molecule has 0 aliphatic rings. The van der Waals surface area contributed by atoms with Crippen LogP contribution in [0.15, 0.2) is 24.3 Å². The van der Waals surface area contributed by atoms with Crippen LogP contribution in [0.1, 0.15) is 11.7 Å². The number of aliphatic hydroxyl groups is 1. The van der Waals surface area contributed by atoms with E-state index in [2.05, 4.69) is 10.6 Å². The van der Waals surface area contributed by atoms with Gasteiger partial charge in [-0.1, -0.05) is 23.7 Å². The van der Waals surface area contributed by atoms with Crippen molar-refractivity contribution in [1.82, 2.24) is 10.6 Å².